The van der Waals surface area contributed by atoms with Gasteiger partial charge in [0.2, 0.25) is 5.82 Å². The largest absolute Gasteiger partial charge is 0.450 e. The number of rotatable bonds is 4. The van der Waals surface area contributed by atoms with Crippen LogP contribution in [0.4, 0.5) is 27.6 Å². The Kier molecular flexibility index (Phi) is 5.78. The molecule has 1 amide bonds. The van der Waals surface area contributed by atoms with E-state index in [-0.39, 0.29) is 28.2 Å². The summed E-state index contributed by atoms with van der Waals surface area (Å²) in [6.45, 7) is 1.16. The summed E-state index contributed by atoms with van der Waals surface area (Å²) in [7, 11) is 0. The fourth-order valence-corrected chi connectivity index (χ4v) is 3.31. The van der Waals surface area contributed by atoms with Gasteiger partial charge in [0.15, 0.2) is 11.6 Å². The van der Waals surface area contributed by atoms with E-state index >= 15 is 0 Å². The quantitative estimate of drug-likeness (QED) is 0.240. The number of hydrogen-bond acceptors (Lipinski definition) is 4. The lowest BCUT2D eigenvalue weighted by Crippen LogP contribution is -2.15. The van der Waals surface area contributed by atoms with Crippen LogP contribution in [-0.4, -0.2) is 21.4 Å². The number of nitrogens with zero attached hydrogens (tertiary/aromatic N) is 2. The number of benzene rings is 3. The lowest BCUT2D eigenvalue weighted by Gasteiger charge is -2.13. The van der Waals surface area contributed by atoms with E-state index < -0.39 is 41.1 Å². The van der Waals surface area contributed by atoms with Crippen molar-refractivity contribution in [3.63, 3.8) is 0 Å². The van der Waals surface area contributed by atoms with E-state index in [9.17, 15) is 31.5 Å². The van der Waals surface area contributed by atoms with Crippen molar-refractivity contribution in [1.82, 2.24) is 9.55 Å². The zero-order valence-electron chi connectivity index (χ0n) is 17.3. The zero-order chi connectivity index (χ0) is 24.6. The molecule has 0 unspecified atom stereocenters. The van der Waals surface area contributed by atoms with Crippen LogP contribution in [0.2, 0.25) is 0 Å². The fourth-order valence-electron chi connectivity index (χ4n) is 3.31. The third-order valence-electron chi connectivity index (χ3n) is 4.72. The first-order valence-corrected chi connectivity index (χ1v) is 9.68. The highest BCUT2D eigenvalue weighted by Gasteiger charge is 2.38. The Morgan fingerprint density at radius 1 is 1.00 bits per heavy atom. The number of fused-ring (bicyclic) bond motifs is 1. The highest BCUT2D eigenvalue weighted by Crippen LogP contribution is 2.35. The van der Waals surface area contributed by atoms with Crippen molar-refractivity contribution in [1.29, 1.82) is 0 Å². The second-order valence-corrected chi connectivity index (χ2v) is 7.12. The van der Waals surface area contributed by atoms with Crippen LogP contribution in [0.3, 0.4) is 0 Å². The molecule has 4 rings (SSSR count). The van der Waals surface area contributed by atoms with E-state index in [4.69, 9.17) is 4.74 Å². The Hall–Kier alpha value is -4.28. The smallest absolute Gasteiger partial charge is 0.427 e. The molecule has 11 heteroatoms. The van der Waals surface area contributed by atoms with Crippen molar-refractivity contribution < 1.29 is 36.3 Å². The Bertz CT molecular complexity index is 1410. The van der Waals surface area contributed by atoms with Gasteiger partial charge >= 0.3 is 12.1 Å². The second-order valence-electron chi connectivity index (χ2n) is 7.12. The molecule has 34 heavy (non-hydrogen) atoms. The van der Waals surface area contributed by atoms with E-state index in [0.29, 0.717) is 0 Å². The van der Waals surface area contributed by atoms with Crippen LogP contribution in [0.5, 0.6) is 5.75 Å². The minimum atomic E-state index is -4.80. The molecule has 0 bridgehead atoms. The van der Waals surface area contributed by atoms with Crippen LogP contribution in [0.25, 0.3) is 16.7 Å². The molecular formula is C23H14F5N3O3. The predicted molar refractivity (Wildman–Crippen MR) is 112 cm³/mol. The van der Waals surface area contributed by atoms with Crippen LogP contribution in [0, 0.1) is 11.6 Å². The monoisotopic (exact) mass is 475 g/mol. The highest BCUT2D eigenvalue weighted by atomic mass is 19.4. The molecule has 1 heterocycles. The first kappa shape index (κ1) is 22.9. The number of anilines is 1. The maximum atomic E-state index is 13.8. The molecular weight excluding hydrogens is 461 g/mol. The van der Waals surface area contributed by atoms with E-state index in [1.54, 1.807) is 0 Å². The topological polar surface area (TPSA) is 73.2 Å². The first-order chi connectivity index (χ1) is 16.0. The molecule has 0 atom stereocenters. The molecule has 174 valence electrons. The molecule has 0 saturated heterocycles. The molecule has 1 aromatic heterocycles. The van der Waals surface area contributed by atoms with Gasteiger partial charge in [0.1, 0.15) is 5.75 Å². The summed E-state index contributed by atoms with van der Waals surface area (Å²) < 4.78 is 74.1. The normalized spacial score (nSPS) is 11.5. The number of ether oxygens (including phenoxy) is 1. The minimum Gasteiger partial charge on any atom is -0.427 e. The van der Waals surface area contributed by atoms with Crippen LogP contribution >= 0.6 is 0 Å². The van der Waals surface area contributed by atoms with Crippen LogP contribution in [0.15, 0.2) is 60.7 Å². The number of esters is 1. The molecule has 0 fully saturated rings. The summed E-state index contributed by atoms with van der Waals surface area (Å²) in [5.41, 5.74) is -0.253. The average Bonchev–Trinajstić information content (AvgIpc) is 3.15. The van der Waals surface area contributed by atoms with Gasteiger partial charge in [-0.05, 0) is 48.5 Å². The fraction of sp³-hybridized carbons (Fsp3) is 0.0870. The number of nitrogens with one attached hydrogen (secondary N) is 1. The highest BCUT2D eigenvalue weighted by molar-refractivity contribution is 6.04. The Labute approximate surface area is 188 Å². The summed E-state index contributed by atoms with van der Waals surface area (Å²) in [5, 5.41) is 2.37. The number of halogens is 5. The van der Waals surface area contributed by atoms with Crippen molar-refractivity contribution in [3.05, 3.63) is 83.7 Å². The van der Waals surface area contributed by atoms with Crippen molar-refractivity contribution in [2.45, 2.75) is 13.1 Å². The molecule has 0 radical (unpaired) electrons. The molecule has 6 nitrogen and oxygen atoms in total. The van der Waals surface area contributed by atoms with Gasteiger partial charge in [-0.3, -0.25) is 14.2 Å². The van der Waals surface area contributed by atoms with Gasteiger partial charge in [-0.1, -0.05) is 6.07 Å². The van der Waals surface area contributed by atoms with Crippen LogP contribution in [0.1, 0.15) is 23.1 Å². The Morgan fingerprint density at radius 3 is 2.35 bits per heavy atom. The van der Waals surface area contributed by atoms with Crippen molar-refractivity contribution in [3.8, 4) is 11.4 Å². The molecule has 3 aromatic carbocycles. The number of alkyl halides is 3. The second kappa shape index (κ2) is 8.58. The van der Waals surface area contributed by atoms with Gasteiger partial charge < -0.3 is 10.1 Å². The lowest BCUT2D eigenvalue weighted by molar-refractivity contribution is -0.145. The van der Waals surface area contributed by atoms with E-state index in [2.05, 4.69) is 10.3 Å². The number of imidazole rings is 1. The van der Waals surface area contributed by atoms with Gasteiger partial charge in [0.25, 0.3) is 5.91 Å². The SMILES string of the molecule is CC(=O)Oc1ccc2c(c1)nc(C(F)(F)F)n2-c1ccc(NC(=O)c2cccc(F)c2F)cc1. The first-order valence-electron chi connectivity index (χ1n) is 9.68. The average molecular weight is 475 g/mol. The van der Waals surface area contributed by atoms with Gasteiger partial charge in [-0.2, -0.15) is 13.2 Å². The Balaban J connectivity index is 1.69. The number of carbonyl (C=O) groups is 2. The molecule has 0 aliphatic carbocycles. The van der Waals surface area contributed by atoms with Crippen LogP contribution in [-0.2, 0) is 11.0 Å². The third-order valence-corrected chi connectivity index (χ3v) is 4.72. The van der Waals surface area contributed by atoms with Crippen molar-refractivity contribution >= 4 is 28.6 Å². The maximum absolute atomic E-state index is 13.8. The van der Waals surface area contributed by atoms with Gasteiger partial charge in [0, 0.05) is 24.4 Å². The third kappa shape index (κ3) is 4.45. The van der Waals surface area contributed by atoms with Gasteiger partial charge in [-0.15, -0.1) is 0 Å². The van der Waals surface area contributed by atoms with Gasteiger partial charge in [0.05, 0.1) is 16.6 Å². The summed E-state index contributed by atoms with van der Waals surface area (Å²) in [5.74, 6) is -5.23. The molecule has 0 aliphatic rings. The summed E-state index contributed by atoms with van der Waals surface area (Å²) in [6.07, 6.45) is -4.80. The van der Waals surface area contributed by atoms with E-state index in [1.165, 1.54) is 48.5 Å². The number of hydrogen-bond donors (Lipinski definition) is 1. The molecule has 0 saturated carbocycles. The van der Waals surface area contributed by atoms with Crippen molar-refractivity contribution in [2.24, 2.45) is 0 Å². The standard InChI is InChI=1S/C23H14F5N3O3/c1-12(32)34-15-9-10-19-18(11-15)30-22(23(26,27)28)31(19)14-7-5-13(6-8-14)29-21(33)16-3-2-4-17(24)20(16)25/h2-11H,1H3,(H,29,33). The molecule has 0 spiro atoms. The summed E-state index contributed by atoms with van der Waals surface area (Å²) in [6, 6.07) is 12.2. The van der Waals surface area contributed by atoms with Gasteiger partial charge in [-0.25, -0.2) is 13.8 Å². The Morgan fingerprint density at radius 2 is 1.71 bits per heavy atom. The lowest BCUT2D eigenvalue weighted by atomic mass is 10.2. The number of aromatic nitrogens is 2. The predicted octanol–water partition coefficient (Wildman–Crippen LogP) is 5.50. The summed E-state index contributed by atoms with van der Waals surface area (Å²) in [4.78, 5) is 27.0. The maximum Gasteiger partial charge on any atom is 0.450 e. The van der Waals surface area contributed by atoms with Crippen LogP contribution < -0.4 is 10.1 Å². The zero-order valence-corrected chi connectivity index (χ0v) is 17.3. The number of amides is 1. The van der Waals surface area contributed by atoms with E-state index in [0.717, 1.165) is 23.6 Å². The molecule has 0 aliphatic heterocycles. The summed E-state index contributed by atoms with van der Waals surface area (Å²) >= 11 is 0. The molecule has 4 aromatic rings. The van der Waals surface area contributed by atoms with E-state index in [1.807, 2.05) is 0 Å². The van der Waals surface area contributed by atoms with Crippen molar-refractivity contribution in [2.75, 3.05) is 5.32 Å². The number of carbonyl (C=O) groups excluding carboxylic acids is 2. The molecule has 1 N–H and O–H groups in total. The minimum absolute atomic E-state index is 0.0426.